The molecule has 1 aliphatic heterocycles. The van der Waals surface area contributed by atoms with Gasteiger partial charge in [0.1, 0.15) is 0 Å². The normalized spacial score (nSPS) is 19.9. The zero-order chi connectivity index (χ0) is 10.0. The van der Waals surface area contributed by atoms with Crippen LogP contribution in [0.4, 0.5) is 0 Å². The second kappa shape index (κ2) is 4.20. The van der Waals surface area contributed by atoms with E-state index in [4.69, 9.17) is 0 Å². The summed E-state index contributed by atoms with van der Waals surface area (Å²) >= 11 is -1.80. The first kappa shape index (κ1) is 10.4. The van der Waals surface area contributed by atoms with Gasteiger partial charge in [-0.25, -0.2) is 0 Å². The number of hydrogen-bond acceptors (Lipinski definition) is 0. The predicted octanol–water partition coefficient (Wildman–Crippen LogP) is 3.62. The Labute approximate surface area is 91.4 Å². The van der Waals surface area contributed by atoms with Crippen LogP contribution in [0.2, 0.25) is 9.88 Å². The fourth-order valence-corrected chi connectivity index (χ4v) is 13.1. The van der Waals surface area contributed by atoms with Gasteiger partial charge in [-0.2, -0.15) is 0 Å². The first-order valence-corrected chi connectivity index (χ1v) is 15.4. The van der Waals surface area contributed by atoms with E-state index in [9.17, 15) is 0 Å². The van der Waals surface area contributed by atoms with Crippen LogP contribution in [0.15, 0.2) is 50.1 Å². The molecule has 0 bridgehead atoms. The molecule has 0 saturated heterocycles. The SMILES string of the molecule is [CH3][Sn]1([CH3])[CH]=CP(c2ccccc2)C=[CH]1. The van der Waals surface area contributed by atoms with Gasteiger partial charge >= 0.3 is 91.6 Å². The minimum atomic E-state index is -1.80. The molecule has 1 aromatic carbocycles. The van der Waals surface area contributed by atoms with Crippen molar-refractivity contribution in [1.82, 2.24) is 0 Å². The van der Waals surface area contributed by atoms with Crippen LogP contribution >= 0.6 is 7.92 Å². The van der Waals surface area contributed by atoms with E-state index in [1.807, 2.05) is 0 Å². The molecule has 1 heterocycles. The fourth-order valence-electron chi connectivity index (χ4n) is 1.42. The first-order valence-electron chi connectivity index (χ1n) is 4.89. The number of hydrogen-bond donors (Lipinski definition) is 0. The molecule has 1 aromatic rings. The Bertz CT molecular complexity index is 349. The summed E-state index contributed by atoms with van der Waals surface area (Å²) in [6.45, 7) is 0. The van der Waals surface area contributed by atoms with Gasteiger partial charge < -0.3 is 0 Å². The number of benzene rings is 1. The van der Waals surface area contributed by atoms with Crippen molar-refractivity contribution in [1.29, 1.82) is 0 Å². The molecule has 1 aliphatic rings. The van der Waals surface area contributed by atoms with E-state index < -0.39 is 18.4 Å². The van der Waals surface area contributed by atoms with Crippen LogP contribution in [0.5, 0.6) is 0 Å². The molecule has 2 rings (SSSR count). The van der Waals surface area contributed by atoms with Gasteiger partial charge in [-0.15, -0.1) is 0 Å². The third kappa shape index (κ3) is 2.49. The van der Waals surface area contributed by atoms with Crippen molar-refractivity contribution < 1.29 is 0 Å². The summed E-state index contributed by atoms with van der Waals surface area (Å²) in [5.74, 6) is 4.89. The standard InChI is InChI=1S/C10H9P.2CH3.Sn/c1-3-11(4-2)10-8-6-5-7-9-10;;;/h1-9H;2*1H3;. The molecule has 0 saturated carbocycles. The summed E-state index contributed by atoms with van der Waals surface area (Å²) in [5.41, 5.74) is 0. The molecule has 72 valence electrons. The van der Waals surface area contributed by atoms with Crippen LogP contribution in [-0.2, 0) is 0 Å². The summed E-state index contributed by atoms with van der Waals surface area (Å²) in [7, 11) is -0.134. The average molecular weight is 309 g/mol. The van der Waals surface area contributed by atoms with Crippen molar-refractivity contribution in [2.75, 3.05) is 0 Å². The van der Waals surface area contributed by atoms with E-state index in [1.54, 1.807) is 0 Å². The zero-order valence-corrected chi connectivity index (χ0v) is 12.4. The van der Waals surface area contributed by atoms with Gasteiger partial charge in [0.2, 0.25) is 0 Å². The van der Waals surface area contributed by atoms with Crippen molar-refractivity contribution in [3.05, 3.63) is 50.1 Å². The molecule has 0 spiro atoms. The van der Waals surface area contributed by atoms with Crippen molar-refractivity contribution >= 4 is 31.6 Å². The van der Waals surface area contributed by atoms with Crippen LogP contribution in [0, 0.1) is 0 Å². The maximum atomic E-state index is 2.52. The molecule has 0 aliphatic carbocycles. The molecule has 2 heteroatoms. The molecular formula is C12H15PSn. The Kier molecular flexibility index (Phi) is 3.13. The third-order valence-electron chi connectivity index (χ3n) is 2.38. The molecule has 0 radical (unpaired) electrons. The van der Waals surface area contributed by atoms with E-state index in [2.05, 4.69) is 60.0 Å². The van der Waals surface area contributed by atoms with Crippen LogP contribution in [0.25, 0.3) is 0 Å². The molecule has 0 aromatic heterocycles. The Morgan fingerprint density at radius 3 is 2.07 bits per heavy atom. The molecular weight excluding hydrogens is 294 g/mol. The van der Waals surface area contributed by atoms with Gasteiger partial charge in [0.05, 0.1) is 0 Å². The fraction of sp³-hybridized carbons (Fsp3) is 0.167. The second-order valence-corrected chi connectivity index (χ2v) is 18.4. The van der Waals surface area contributed by atoms with Crippen molar-refractivity contribution in [2.45, 2.75) is 9.88 Å². The predicted molar refractivity (Wildman–Crippen MR) is 68.8 cm³/mol. The Balaban J connectivity index is 2.22. The summed E-state index contributed by atoms with van der Waals surface area (Å²) in [4.78, 5) is 4.89. The summed E-state index contributed by atoms with van der Waals surface area (Å²) < 4.78 is 5.04. The summed E-state index contributed by atoms with van der Waals surface area (Å²) in [5, 5.41) is 1.47. The minimum absolute atomic E-state index is 0.134. The van der Waals surface area contributed by atoms with E-state index in [0.29, 0.717) is 0 Å². The van der Waals surface area contributed by atoms with Gasteiger partial charge in [-0.1, -0.05) is 0 Å². The third-order valence-corrected chi connectivity index (χ3v) is 11.7. The molecule has 0 unspecified atom stereocenters. The van der Waals surface area contributed by atoms with E-state index >= 15 is 0 Å². The van der Waals surface area contributed by atoms with Gasteiger partial charge in [0.25, 0.3) is 0 Å². The second-order valence-electron chi connectivity index (χ2n) is 4.20. The topological polar surface area (TPSA) is 0 Å². The molecule has 0 atom stereocenters. The quantitative estimate of drug-likeness (QED) is 0.549. The Morgan fingerprint density at radius 1 is 0.929 bits per heavy atom. The number of rotatable bonds is 1. The van der Waals surface area contributed by atoms with E-state index in [1.165, 1.54) is 5.30 Å². The van der Waals surface area contributed by atoms with E-state index in [-0.39, 0.29) is 7.92 Å². The molecule has 0 fully saturated rings. The van der Waals surface area contributed by atoms with Crippen LogP contribution < -0.4 is 5.30 Å². The van der Waals surface area contributed by atoms with Gasteiger partial charge in [-0.3, -0.25) is 0 Å². The summed E-state index contributed by atoms with van der Waals surface area (Å²) in [6.07, 6.45) is 0. The average Bonchev–Trinajstić information content (AvgIpc) is 2.19. The van der Waals surface area contributed by atoms with Crippen LogP contribution in [-0.4, -0.2) is 18.4 Å². The monoisotopic (exact) mass is 310 g/mol. The zero-order valence-electron chi connectivity index (χ0n) is 8.64. The van der Waals surface area contributed by atoms with Crippen molar-refractivity contribution in [2.24, 2.45) is 0 Å². The molecule has 0 N–H and O–H groups in total. The summed E-state index contributed by atoms with van der Waals surface area (Å²) in [6, 6.07) is 10.8. The molecule has 0 amide bonds. The maximum absolute atomic E-state index is 2.52. The molecule has 0 nitrogen and oxygen atoms in total. The van der Waals surface area contributed by atoms with Crippen molar-refractivity contribution in [3.63, 3.8) is 0 Å². The van der Waals surface area contributed by atoms with Gasteiger partial charge in [0, 0.05) is 0 Å². The van der Waals surface area contributed by atoms with Gasteiger partial charge in [-0.05, 0) is 0 Å². The van der Waals surface area contributed by atoms with Gasteiger partial charge in [0.15, 0.2) is 0 Å². The Morgan fingerprint density at radius 2 is 1.50 bits per heavy atom. The van der Waals surface area contributed by atoms with Crippen LogP contribution in [0.3, 0.4) is 0 Å². The van der Waals surface area contributed by atoms with Crippen LogP contribution in [0.1, 0.15) is 0 Å². The first-order chi connectivity index (χ1) is 6.67. The Hall–Kier alpha value is -0.0713. The van der Waals surface area contributed by atoms with Crippen molar-refractivity contribution in [3.8, 4) is 0 Å². The van der Waals surface area contributed by atoms with E-state index in [0.717, 1.165) is 0 Å². The molecule has 14 heavy (non-hydrogen) atoms.